The molecule has 0 bridgehead atoms. The van der Waals surface area contributed by atoms with Crippen molar-refractivity contribution in [3.8, 4) is 0 Å². The van der Waals surface area contributed by atoms with Crippen molar-refractivity contribution in [2.24, 2.45) is 11.7 Å². The summed E-state index contributed by atoms with van der Waals surface area (Å²) in [5.41, 5.74) is 5.70. The van der Waals surface area contributed by atoms with Gasteiger partial charge in [-0.15, -0.1) is 0 Å². The third kappa shape index (κ3) is 5.00. The lowest BCUT2D eigenvalue weighted by atomic mass is 10.1. The van der Waals surface area contributed by atoms with Crippen molar-refractivity contribution >= 4 is 11.8 Å². The van der Waals surface area contributed by atoms with Crippen LogP contribution in [0.4, 0.5) is 0 Å². The molecule has 0 unspecified atom stereocenters. The maximum atomic E-state index is 11.8. The van der Waals surface area contributed by atoms with E-state index in [1.165, 1.54) is 0 Å². The molecule has 20 heavy (non-hydrogen) atoms. The fourth-order valence-corrected chi connectivity index (χ4v) is 1.53. The second kappa shape index (κ2) is 7.64. The van der Waals surface area contributed by atoms with E-state index < -0.39 is 6.04 Å². The molecule has 1 aromatic heterocycles. The second-order valence-electron chi connectivity index (χ2n) is 5.07. The number of hydrogen-bond acceptors (Lipinski definition) is 4. The van der Waals surface area contributed by atoms with Crippen LogP contribution in [0.3, 0.4) is 0 Å². The summed E-state index contributed by atoms with van der Waals surface area (Å²) in [6.45, 7) is 4.85. The van der Waals surface area contributed by atoms with E-state index in [2.05, 4.69) is 10.4 Å². The predicted molar refractivity (Wildman–Crippen MR) is 75.7 cm³/mol. The summed E-state index contributed by atoms with van der Waals surface area (Å²) in [6.07, 6.45) is 3.52. The average molecular weight is 281 g/mol. The lowest BCUT2D eigenvalue weighted by Crippen LogP contribution is -2.47. The summed E-state index contributed by atoms with van der Waals surface area (Å²) in [6, 6.07) is 1.24. The SMILES string of the molecule is CC(C)[C@H](N)C(=O)NCC(=O)N(C)CCn1cccn1. The second-order valence-corrected chi connectivity index (χ2v) is 5.07. The summed E-state index contributed by atoms with van der Waals surface area (Å²) in [5.74, 6) is -0.405. The van der Waals surface area contributed by atoms with Gasteiger partial charge in [0.2, 0.25) is 11.8 Å². The maximum absolute atomic E-state index is 11.8. The van der Waals surface area contributed by atoms with Crippen LogP contribution < -0.4 is 11.1 Å². The Hall–Kier alpha value is -1.89. The number of hydrogen-bond donors (Lipinski definition) is 2. The molecule has 3 N–H and O–H groups in total. The van der Waals surface area contributed by atoms with Crippen LogP contribution in [0, 0.1) is 5.92 Å². The first-order chi connectivity index (χ1) is 9.41. The number of aromatic nitrogens is 2. The Kier molecular flexibility index (Phi) is 6.17. The quantitative estimate of drug-likeness (QED) is 0.700. The van der Waals surface area contributed by atoms with Gasteiger partial charge in [-0.05, 0) is 12.0 Å². The predicted octanol–water partition coefficient (Wildman–Crippen LogP) is -0.559. The number of nitrogens with two attached hydrogens (primary N) is 1. The van der Waals surface area contributed by atoms with Gasteiger partial charge in [0.05, 0.1) is 19.1 Å². The lowest BCUT2D eigenvalue weighted by Gasteiger charge is -2.19. The van der Waals surface area contributed by atoms with Gasteiger partial charge in [-0.25, -0.2) is 0 Å². The number of nitrogens with zero attached hydrogens (tertiary/aromatic N) is 3. The van der Waals surface area contributed by atoms with Gasteiger partial charge >= 0.3 is 0 Å². The molecule has 0 aliphatic carbocycles. The molecule has 112 valence electrons. The van der Waals surface area contributed by atoms with Crippen LogP contribution in [0.1, 0.15) is 13.8 Å². The maximum Gasteiger partial charge on any atom is 0.241 e. The van der Waals surface area contributed by atoms with Crippen LogP contribution >= 0.6 is 0 Å². The van der Waals surface area contributed by atoms with Crippen molar-refractivity contribution in [2.45, 2.75) is 26.4 Å². The Bertz CT molecular complexity index is 430. The van der Waals surface area contributed by atoms with E-state index in [0.717, 1.165) is 0 Å². The highest BCUT2D eigenvalue weighted by atomic mass is 16.2. The highest BCUT2D eigenvalue weighted by Crippen LogP contribution is 1.97. The molecule has 0 radical (unpaired) electrons. The summed E-state index contributed by atoms with van der Waals surface area (Å²) in [4.78, 5) is 25.0. The monoisotopic (exact) mass is 281 g/mol. The van der Waals surface area contributed by atoms with E-state index in [-0.39, 0.29) is 24.3 Å². The van der Waals surface area contributed by atoms with Gasteiger partial charge in [0.1, 0.15) is 0 Å². The normalized spacial score (nSPS) is 12.2. The van der Waals surface area contributed by atoms with Crippen LogP contribution in [0.15, 0.2) is 18.5 Å². The molecule has 7 nitrogen and oxygen atoms in total. The highest BCUT2D eigenvalue weighted by Gasteiger charge is 2.18. The number of nitrogens with one attached hydrogen (secondary N) is 1. The van der Waals surface area contributed by atoms with Gasteiger partial charge in [-0.1, -0.05) is 13.8 Å². The largest absolute Gasteiger partial charge is 0.346 e. The number of carbonyl (C=O) groups is 2. The zero-order valence-electron chi connectivity index (χ0n) is 12.2. The first kappa shape index (κ1) is 16.2. The molecule has 0 saturated heterocycles. The molecule has 0 spiro atoms. The number of carbonyl (C=O) groups excluding carboxylic acids is 2. The summed E-state index contributed by atoms with van der Waals surface area (Å²) in [7, 11) is 1.69. The number of amides is 2. The minimum atomic E-state index is -0.586. The summed E-state index contributed by atoms with van der Waals surface area (Å²) in [5, 5.41) is 6.62. The van der Waals surface area contributed by atoms with E-state index >= 15 is 0 Å². The first-order valence-electron chi connectivity index (χ1n) is 6.66. The van der Waals surface area contributed by atoms with Crippen LogP contribution in [-0.2, 0) is 16.1 Å². The minimum Gasteiger partial charge on any atom is -0.346 e. The van der Waals surface area contributed by atoms with Crippen molar-refractivity contribution in [2.75, 3.05) is 20.1 Å². The van der Waals surface area contributed by atoms with Crippen LogP contribution in [0.25, 0.3) is 0 Å². The molecule has 1 aromatic rings. The van der Waals surface area contributed by atoms with Gasteiger partial charge in [0.15, 0.2) is 0 Å². The van der Waals surface area contributed by atoms with Crippen LogP contribution in [-0.4, -0.2) is 52.7 Å². The average Bonchev–Trinajstić information content (AvgIpc) is 2.93. The Morgan fingerprint density at radius 1 is 1.45 bits per heavy atom. The zero-order valence-corrected chi connectivity index (χ0v) is 12.2. The van der Waals surface area contributed by atoms with E-state index in [4.69, 9.17) is 5.73 Å². The molecule has 0 aliphatic heterocycles. The molecule has 2 amide bonds. The van der Waals surface area contributed by atoms with Gasteiger partial charge < -0.3 is 16.0 Å². The lowest BCUT2D eigenvalue weighted by molar-refractivity contribution is -0.132. The number of rotatable bonds is 7. The topological polar surface area (TPSA) is 93.2 Å². The summed E-state index contributed by atoms with van der Waals surface area (Å²) >= 11 is 0. The van der Waals surface area contributed by atoms with Crippen molar-refractivity contribution in [1.82, 2.24) is 20.0 Å². The standard InChI is InChI=1S/C13H23N5O2/c1-10(2)12(14)13(20)15-9-11(19)17(3)7-8-18-6-4-5-16-18/h4-6,10,12H,7-9,14H2,1-3H3,(H,15,20)/t12-/m0/s1. The third-order valence-electron chi connectivity index (χ3n) is 3.08. The van der Waals surface area contributed by atoms with E-state index in [1.807, 2.05) is 26.1 Å². The van der Waals surface area contributed by atoms with Gasteiger partial charge in [-0.3, -0.25) is 14.3 Å². The van der Waals surface area contributed by atoms with Crippen molar-refractivity contribution in [3.63, 3.8) is 0 Å². The molecule has 0 aliphatic rings. The molecule has 1 heterocycles. The highest BCUT2D eigenvalue weighted by molar-refractivity contribution is 5.87. The van der Waals surface area contributed by atoms with E-state index in [1.54, 1.807) is 22.8 Å². The first-order valence-corrected chi connectivity index (χ1v) is 6.66. The Balaban J connectivity index is 2.29. The van der Waals surface area contributed by atoms with Gasteiger partial charge in [0, 0.05) is 26.0 Å². The van der Waals surface area contributed by atoms with E-state index in [9.17, 15) is 9.59 Å². The smallest absolute Gasteiger partial charge is 0.241 e. The zero-order chi connectivity index (χ0) is 15.1. The molecular weight excluding hydrogens is 258 g/mol. The van der Waals surface area contributed by atoms with Crippen LogP contribution in [0.2, 0.25) is 0 Å². The summed E-state index contributed by atoms with van der Waals surface area (Å²) < 4.78 is 1.75. The molecular formula is C13H23N5O2. The minimum absolute atomic E-state index is 0.0329. The molecule has 1 atom stereocenters. The number of likely N-dealkylation sites (N-methyl/N-ethyl adjacent to an activating group) is 1. The van der Waals surface area contributed by atoms with Gasteiger partial charge in [-0.2, -0.15) is 5.10 Å². The van der Waals surface area contributed by atoms with Crippen LogP contribution in [0.5, 0.6) is 0 Å². The Morgan fingerprint density at radius 2 is 2.15 bits per heavy atom. The van der Waals surface area contributed by atoms with E-state index in [0.29, 0.717) is 13.1 Å². The van der Waals surface area contributed by atoms with Crippen molar-refractivity contribution in [1.29, 1.82) is 0 Å². The Morgan fingerprint density at radius 3 is 2.70 bits per heavy atom. The molecule has 0 saturated carbocycles. The molecule has 1 rings (SSSR count). The van der Waals surface area contributed by atoms with Crippen molar-refractivity contribution in [3.05, 3.63) is 18.5 Å². The molecule has 0 fully saturated rings. The van der Waals surface area contributed by atoms with Gasteiger partial charge in [0.25, 0.3) is 0 Å². The fraction of sp³-hybridized carbons (Fsp3) is 0.615. The fourth-order valence-electron chi connectivity index (χ4n) is 1.53. The Labute approximate surface area is 119 Å². The third-order valence-corrected chi connectivity index (χ3v) is 3.08. The molecule has 0 aromatic carbocycles. The molecule has 7 heteroatoms. The van der Waals surface area contributed by atoms with Crippen molar-refractivity contribution < 1.29 is 9.59 Å².